The third-order valence-electron chi connectivity index (χ3n) is 3.97. The minimum absolute atomic E-state index is 0.455. The van der Waals surface area contributed by atoms with Gasteiger partial charge in [0.25, 0.3) is 0 Å². The first-order valence-electron chi connectivity index (χ1n) is 6.52. The molecule has 1 fully saturated rings. The summed E-state index contributed by atoms with van der Waals surface area (Å²) in [5.41, 5.74) is 0.455. The normalized spacial score (nSPS) is 25.9. The standard InChI is InChI=1S/C13H23N3S/c1-13(2,3)10-7-5-9(6-8-10)11-15-12(14-4)17-16-11/h9-10H,5-8H2,1-4H3,(H,14,15,16). The van der Waals surface area contributed by atoms with Gasteiger partial charge in [-0.2, -0.15) is 4.37 Å². The fourth-order valence-electron chi connectivity index (χ4n) is 2.72. The fraction of sp³-hybridized carbons (Fsp3) is 0.846. The van der Waals surface area contributed by atoms with Crippen LogP contribution in [0.5, 0.6) is 0 Å². The molecule has 0 saturated heterocycles. The highest BCUT2D eigenvalue weighted by Gasteiger charge is 2.31. The van der Waals surface area contributed by atoms with E-state index in [9.17, 15) is 0 Å². The summed E-state index contributed by atoms with van der Waals surface area (Å²) >= 11 is 1.48. The molecule has 4 heteroatoms. The monoisotopic (exact) mass is 253 g/mol. The van der Waals surface area contributed by atoms with Gasteiger partial charge >= 0.3 is 0 Å². The summed E-state index contributed by atoms with van der Waals surface area (Å²) in [4.78, 5) is 4.54. The lowest BCUT2D eigenvalue weighted by Crippen LogP contribution is -2.25. The lowest BCUT2D eigenvalue weighted by atomic mass is 9.70. The molecule has 0 atom stereocenters. The first-order valence-corrected chi connectivity index (χ1v) is 7.29. The van der Waals surface area contributed by atoms with Crippen LogP contribution in [0.1, 0.15) is 58.2 Å². The molecule has 1 N–H and O–H groups in total. The maximum absolute atomic E-state index is 4.54. The molecule has 2 rings (SSSR count). The quantitative estimate of drug-likeness (QED) is 0.868. The molecule has 0 aromatic carbocycles. The maximum Gasteiger partial charge on any atom is 0.202 e. The minimum atomic E-state index is 0.455. The third-order valence-corrected chi connectivity index (χ3v) is 4.72. The maximum atomic E-state index is 4.54. The SMILES string of the molecule is CNc1nc(C2CCC(C(C)(C)C)CC2)ns1. The zero-order chi connectivity index (χ0) is 12.5. The van der Waals surface area contributed by atoms with Crippen LogP contribution >= 0.6 is 11.5 Å². The lowest BCUT2D eigenvalue weighted by Gasteiger charge is -2.36. The molecule has 0 unspecified atom stereocenters. The Bertz CT molecular complexity index is 359. The van der Waals surface area contributed by atoms with Gasteiger partial charge in [0.2, 0.25) is 5.13 Å². The Kier molecular flexibility index (Phi) is 3.71. The van der Waals surface area contributed by atoms with Gasteiger partial charge in [-0.3, -0.25) is 0 Å². The van der Waals surface area contributed by atoms with Crippen molar-refractivity contribution in [3.8, 4) is 0 Å². The number of aromatic nitrogens is 2. The van der Waals surface area contributed by atoms with Crippen molar-refractivity contribution in [3.63, 3.8) is 0 Å². The summed E-state index contributed by atoms with van der Waals surface area (Å²) < 4.78 is 4.47. The predicted octanol–water partition coefficient (Wildman–Crippen LogP) is 3.90. The predicted molar refractivity (Wildman–Crippen MR) is 73.6 cm³/mol. The van der Waals surface area contributed by atoms with E-state index in [1.165, 1.54) is 37.2 Å². The molecule has 96 valence electrons. The van der Waals surface area contributed by atoms with Crippen LogP contribution in [-0.2, 0) is 0 Å². The average molecular weight is 253 g/mol. The minimum Gasteiger partial charge on any atom is -0.363 e. The van der Waals surface area contributed by atoms with Crippen LogP contribution in [0, 0.1) is 11.3 Å². The summed E-state index contributed by atoms with van der Waals surface area (Å²) in [5, 5.41) is 4.01. The molecule has 1 aliphatic rings. The van der Waals surface area contributed by atoms with Crippen molar-refractivity contribution in [3.05, 3.63) is 5.82 Å². The van der Waals surface area contributed by atoms with Gasteiger partial charge in [0.15, 0.2) is 0 Å². The third kappa shape index (κ3) is 2.97. The highest BCUT2D eigenvalue weighted by molar-refractivity contribution is 7.09. The second-order valence-corrected chi connectivity index (χ2v) is 6.87. The molecule has 1 saturated carbocycles. The molecule has 1 heterocycles. The van der Waals surface area contributed by atoms with Crippen LogP contribution in [0.4, 0.5) is 5.13 Å². The van der Waals surface area contributed by atoms with Gasteiger partial charge in [0, 0.05) is 24.5 Å². The molecule has 0 aliphatic heterocycles. The smallest absolute Gasteiger partial charge is 0.202 e. The number of hydrogen-bond acceptors (Lipinski definition) is 4. The summed E-state index contributed by atoms with van der Waals surface area (Å²) in [5.74, 6) is 2.51. The summed E-state index contributed by atoms with van der Waals surface area (Å²) in [7, 11) is 1.90. The number of nitrogens with one attached hydrogen (secondary N) is 1. The Labute approximate surface area is 108 Å². The Balaban J connectivity index is 1.95. The summed E-state index contributed by atoms with van der Waals surface area (Å²) in [6, 6.07) is 0. The van der Waals surface area contributed by atoms with Crippen molar-refractivity contribution in [1.29, 1.82) is 0 Å². The average Bonchev–Trinajstić information content (AvgIpc) is 2.76. The van der Waals surface area contributed by atoms with Crippen LogP contribution in [0.15, 0.2) is 0 Å². The molecule has 0 radical (unpaired) electrons. The number of anilines is 1. The van der Waals surface area contributed by atoms with E-state index in [4.69, 9.17) is 0 Å². The Morgan fingerprint density at radius 2 is 1.82 bits per heavy atom. The van der Waals surface area contributed by atoms with Gasteiger partial charge < -0.3 is 5.32 Å². The van der Waals surface area contributed by atoms with Gasteiger partial charge in [-0.25, -0.2) is 4.98 Å². The summed E-state index contributed by atoms with van der Waals surface area (Å²) in [6.45, 7) is 7.08. The number of hydrogen-bond donors (Lipinski definition) is 1. The van der Waals surface area contributed by atoms with Gasteiger partial charge in [0.05, 0.1) is 0 Å². The number of nitrogens with zero attached hydrogens (tertiary/aromatic N) is 2. The second kappa shape index (κ2) is 4.92. The van der Waals surface area contributed by atoms with E-state index in [2.05, 4.69) is 35.4 Å². The Hall–Kier alpha value is -0.640. The molecule has 1 aliphatic carbocycles. The van der Waals surface area contributed by atoms with Crippen LogP contribution in [0.2, 0.25) is 0 Å². The topological polar surface area (TPSA) is 37.8 Å². The second-order valence-electron chi connectivity index (χ2n) is 6.12. The van der Waals surface area contributed by atoms with Crippen LogP contribution in [0.25, 0.3) is 0 Å². The molecule has 0 spiro atoms. The van der Waals surface area contributed by atoms with Gasteiger partial charge in [-0.15, -0.1) is 0 Å². The first-order chi connectivity index (χ1) is 8.00. The van der Waals surface area contributed by atoms with E-state index in [0.29, 0.717) is 11.3 Å². The van der Waals surface area contributed by atoms with Crippen LogP contribution in [0.3, 0.4) is 0 Å². The molecule has 1 aromatic heterocycles. The highest BCUT2D eigenvalue weighted by atomic mass is 32.1. The molecule has 0 bridgehead atoms. The lowest BCUT2D eigenvalue weighted by molar-refractivity contribution is 0.167. The van der Waals surface area contributed by atoms with Gasteiger partial charge in [-0.05, 0) is 37.0 Å². The van der Waals surface area contributed by atoms with Crippen molar-refractivity contribution >= 4 is 16.7 Å². The molecular weight excluding hydrogens is 230 g/mol. The molecule has 3 nitrogen and oxygen atoms in total. The van der Waals surface area contributed by atoms with E-state index < -0.39 is 0 Å². The van der Waals surface area contributed by atoms with Crippen LogP contribution < -0.4 is 5.32 Å². The number of rotatable bonds is 2. The zero-order valence-electron chi connectivity index (χ0n) is 11.3. The van der Waals surface area contributed by atoms with Gasteiger partial charge in [-0.1, -0.05) is 20.8 Å². The van der Waals surface area contributed by atoms with E-state index in [1.807, 2.05) is 7.05 Å². The van der Waals surface area contributed by atoms with Crippen LogP contribution in [-0.4, -0.2) is 16.4 Å². The van der Waals surface area contributed by atoms with E-state index in [1.54, 1.807) is 0 Å². The molecular formula is C13H23N3S. The van der Waals surface area contributed by atoms with Crippen molar-refractivity contribution in [2.75, 3.05) is 12.4 Å². The highest BCUT2D eigenvalue weighted by Crippen LogP contribution is 2.42. The van der Waals surface area contributed by atoms with Crippen molar-refractivity contribution in [2.24, 2.45) is 11.3 Å². The fourth-order valence-corrected chi connectivity index (χ4v) is 3.32. The first kappa shape index (κ1) is 12.8. The zero-order valence-corrected chi connectivity index (χ0v) is 12.1. The van der Waals surface area contributed by atoms with E-state index in [0.717, 1.165) is 16.9 Å². The Morgan fingerprint density at radius 1 is 1.18 bits per heavy atom. The van der Waals surface area contributed by atoms with E-state index >= 15 is 0 Å². The molecule has 1 aromatic rings. The van der Waals surface area contributed by atoms with Crippen molar-refractivity contribution in [2.45, 2.75) is 52.4 Å². The largest absolute Gasteiger partial charge is 0.363 e. The van der Waals surface area contributed by atoms with Crippen molar-refractivity contribution < 1.29 is 0 Å². The van der Waals surface area contributed by atoms with Gasteiger partial charge in [0.1, 0.15) is 5.82 Å². The molecule has 0 amide bonds. The molecule has 17 heavy (non-hydrogen) atoms. The van der Waals surface area contributed by atoms with Crippen molar-refractivity contribution in [1.82, 2.24) is 9.36 Å². The summed E-state index contributed by atoms with van der Waals surface area (Å²) in [6.07, 6.45) is 5.15. The Morgan fingerprint density at radius 3 is 2.29 bits per heavy atom. The van der Waals surface area contributed by atoms with E-state index in [-0.39, 0.29) is 0 Å².